The van der Waals surface area contributed by atoms with Crippen LogP contribution in [0.15, 0.2) is 47.4 Å². The molecule has 1 amide bonds. The van der Waals surface area contributed by atoms with Crippen LogP contribution < -0.4 is 9.46 Å². The number of benzene rings is 2. The molecular formula is C23H30N2O6S. The summed E-state index contributed by atoms with van der Waals surface area (Å²) in [7, 11) is -0.937. The van der Waals surface area contributed by atoms with Gasteiger partial charge in [-0.3, -0.25) is 4.79 Å². The molecule has 0 heterocycles. The van der Waals surface area contributed by atoms with Gasteiger partial charge >= 0.3 is 5.97 Å². The van der Waals surface area contributed by atoms with Gasteiger partial charge in [0.1, 0.15) is 10.6 Å². The number of sulfonamides is 1. The number of nitrogens with zero attached hydrogens (tertiary/aromatic N) is 1. The number of amides is 1. The van der Waals surface area contributed by atoms with Crippen LogP contribution in [0, 0.1) is 0 Å². The van der Waals surface area contributed by atoms with Crippen molar-refractivity contribution in [3.05, 3.63) is 59.2 Å². The molecule has 0 saturated carbocycles. The molecule has 2 aromatic rings. The maximum absolute atomic E-state index is 12.6. The summed E-state index contributed by atoms with van der Waals surface area (Å²) in [6.45, 7) is 5.36. The first-order valence-corrected chi connectivity index (χ1v) is 11.7. The van der Waals surface area contributed by atoms with E-state index in [0.717, 1.165) is 12.0 Å². The van der Waals surface area contributed by atoms with Crippen molar-refractivity contribution in [3.8, 4) is 5.75 Å². The summed E-state index contributed by atoms with van der Waals surface area (Å²) in [6, 6.07) is 11.5. The Kier molecular flexibility index (Phi) is 8.80. The molecule has 0 fully saturated rings. The second kappa shape index (κ2) is 11.1. The van der Waals surface area contributed by atoms with Gasteiger partial charge in [-0.05, 0) is 49.6 Å². The van der Waals surface area contributed by atoms with Crippen LogP contribution in [0.3, 0.4) is 0 Å². The summed E-state index contributed by atoms with van der Waals surface area (Å²) in [5, 5.41) is 0. The largest absolute Gasteiger partial charge is 0.495 e. The predicted molar refractivity (Wildman–Crippen MR) is 121 cm³/mol. The van der Waals surface area contributed by atoms with Crippen LogP contribution in [0.1, 0.15) is 42.3 Å². The Bertz CT molecular complexity index is 1050. The highest BCUT2D eigenvalue weighted by Crippen LogP contribution is 2.25. The molecule has 174 valence electrons. The lowest BCUT2D eigenvalue weighted by Crippen LogP contribution is -2.31. The Morgan fingerprint density at radius 2 is 1.69 bits per heavy atom. The number of hydrogen-bond donors (Lipinski definition) is 1. The Morgan fingerprint density at radius 3 is 2.25 bits per heavy atom. The molecule has 0 saturated heterocycles. The van der Waals surface area contributed by atoms with E-state index in [2.05, 4.69) is 11.6 Å². The highest BCUT2D eigenvalue weighted by molar-refractivity contribution is 7.89. The summed E-state index contributed by atoms with van der Waals surface area (Å²) < 4.78 is 37.8. The zero-order valence-corrected chi connectivity index (χ0v) is 19.9. The predicted octanol–water partition coefficient (Wildman–Crippen LogP) is 2.76. The van der Waals surface area contributed by atoms with E-state index in [1.807, 2.05) is 24.3 Å². The third-order valence-corrected chi connectivity index (χ3v) is 6.36. The number of esters is 1. The summed E-state index contributed by atoms with van der Waals surface area (Å²) >= 11 is 0. The molecule has 0 atom stereocenters. The lowest BCUT2D eigenvalue weighted by molar-refractivity contribution is -0.133. The first-order valence-electron chi connectivity index (χ1n) is 10.3. The molecule has 0 spiro atoms. The summed E-state index contributed by atoms with van der Waals surface area (Å²) in [4.78, 5) is 26.1. The van der Waals surface area contributed by atoms with E-state index >= 15 is 0 Å². The fourth-order valence-electron chi connectivity index (χ4n) is 2.95. The van der Waals surface area contributed by atoms with Gasteiger partial charge in [0, 0.05) is 19.6 Å². The summed E-state index contributed by atoms with van der Waals surface area (Å²) in [5.41, 5.74) is 2.17. The van der Waals surface area contributed by atoms with Crippen LogP contribution in [0.5, 0.6) is 5.75 Å². The van der Waals surface area contributed by atoms with Crippen LogP contribution in [0.2, 0.25) is 0 Å². The van der Waals surface area contributed by atoms with E-state index in [1.54, 1.807) is 20.9 Å². The minimum atomic E-state index is -3.90. The van der Waals surface area contributed by atoms with E-state index in [1.165, 1.54) is 35.8 Å². The maximum atomic E-state index is 12.6. The number of nitrogens with one attached hydrogen (secondary N) is 1. The molecule has 0 aliphatic carbocycles. The van der Waals surface area contributed by atoms with Gasteiger partial charge in [0.15, 0.2) is 6.61 Å². The molecule has 2 aromatic carbocycles. The zero-order chi connectivity index (χ0) is 23.9. The number of hydrogen-bond acceptors (Lipinski definition) is 6. The lowest BCUT2D eigenvalue weighted by atomic mass is 10.1. The Morgan fingerprint density at radius 1 is 1.06 bits per heavy atom. The number of aryl methyl sites for hydroxylation is 1. The van der Waals surface area contributed by atoms with Crippen molar-refractivity contribution >= 4 is 21.9 Å². The van der Waals surface area contributed by atoms with Crippen LogP contribution in [-0.4, -0.2) is 52.0 Å². The molecule has 0 aliphatic heterocycles. The number of ether oxygens (including phenoxy) is 2. The standard InChI is InChI=1S/C23H30N2O6S/c1-6-17-7-9-18(10-8-17)14-25(4)22(26)15-31-23(27)19-11-12-20(30-5)21(13-19)32(28,29)24-16(2)3/h7-13,16,24H,6,14-15H2,1-5H3. The Labute approximate surface area is 189 Å². The lowest BCUT2D eigenvalue weighted by Gasteiger charge is -2.18. The van der Waals surface area contributed by atoms with Crippen molar-refractivity contribution in [1.82, 2.24) is 9.62 Å². The molecule has 2 rings (SSSR count). The first kappa shape index (κ1) is 25.4. The van der Waals surface area contributed by atoms with Crippen molar-refractivity contribution in [3.63, 3.8) is 0 Å². The average Bonchev–Trinajstić information content (AvgIpc) is 2.76. The van der Waals surface area contributed by atoms with E-state index in [9.17, 15) is 18.0 Å². The minimum Gasteiger partial charge on any atom is -0.495 e. The van der Waals surface area contributed by atoms with Gasteiger partial charge in [-0.1, -0.05) is 31.2 Å². The average molecular weight is 463 g/mol. The number of carbonyl (C=O) groups is 2. The minimum absolute atomic E-state index is 0.000499. The third-order valence-electron chi connectivity index (χ3n) is 4.68. The van der Waals surface area contributed by atoms with Crippen molar-refractivity contribution < 1.29 is 27.5 Å². The monoisotopic (exact) mass is 462 g/mol. The second-order valence-electron chi connectivity index (χ2n) is 7.64. The zero-order valence-electron chi connectivity index (χ0n) is 19.0. The van der Waals surface area contributed by atoms with E-state index < -0.39 is 22.6 Å². The van der Waals surface area contributed by atoms with Crippen molar-refractivity contribution in [2.75, 3.05) is 20.8 Å². The first-order chi connectivity index (χ1) is 15.1. The number of methoxy groups -OCH3 is 1. The van der Waals surface area contributed by atoms with E-state index in [4.69, 9.17) is 9.47 Å². The second-order valence-corrected chi connectivity index (χ2v) is 9.32. The van der Waals surface area contributed by atoms with Gasteiger partial charge in [0.2, 0.25) is 10.0 Å². The summed E-state index contributed by atoms with van der Waals surface area (Å²) in [5.74, 6) is -1.08. The van der Waals surface area contributed by atoms with Crippen molar-refractivity contribution in [2.24, 2.45) is 0 Å². The molecule has 1 N–H and O–H groups in total. The van der Waals surface area contributed by atoms with Crippen LogP contribution in [-0.2, 0) is 32.5 Å². The highest BCUT2D eigenvalue weighted by atomic mass is 32.2. The SMILES string of the molecule is CCc1ccc(CN(C)C(=O)COC(=O)c2ccc(OC)c(S(=O)(=O)NC(C)C)c2)cc1. The third kappa shape index (κ3) is 6.80. The Hall–Kier alpha value is -2.91. The van der Waals surface area contributed by atoms with Gasteiger partial charge in [0.25, 0.3) is 5.91 Å². The topological polar surface area (TPSA) is 102 Å². The molecule has 0 aliphatic rings. The molecule has 9 heteroatoms. The summed E-state index contributed by atoms with van der Waals surface area (Å²) in [6.07, 6.45) is 0.937. The van der Waals surface area contributed by atoms with Crippen molar-refractivity contribution in [1.29, 1.82) is 0 Å². The number of carbonyl (C=O) groups excluding carboxylic acids is 2. The molecule has 0 aromatic heterocycles. The molecule has 0 bridgehead atoms. The Balaban J connectivity index is 2.05. The van der Waals surface area contributed by atoms with Crippen LogP contribution in [0.25, 0.3) is 0 Å². The van der Waals surface area contributed by atoms with E-state index in [-0.39, 0.29) is 28.2 Å². The maximum Gasteiger partial charge on any atom is 0.338 e. The van der Waals surface area contributed by atoms with E-state index in [0.29, 0.717) is 6.54 Å². The molecule has 0 radical (unpaired) electrons. The fraction of sp³-hybridized carbons (Fsp3) is 0.391. The number of likely N-dealkylation sites (N-methyl/N-ethyl adjacent to an activating group) is 1. The van der Waals surface area contributed by atoms with Gasteiger partial charge in [0.05, 0.1) is 12.7 Å². The molecule has 0 unspecified atom stereocenters. The van der Waals surface area contributed by atoms with Gasteiger partial charge in [-0.25, -0.2) is 17.9 Å². The molecule has 32 heavy (non-hydrogen) atoms. The molecule has 8 nitrogen and oxygen atoms in total. The quantitative estimate of drug-likeness (QED) is 0.545. The normalized spacial score (nSPS) is 11.3. The van der Waals surface area contributed by atoms with Crippen molar-refractivity contribution in [2.45, 2.75) is 44.7 Å². The number of rotatable bonds is 10. The molecular weight excluding hydrogens is 432 g/mol. The fourth-order valence-corrected chi connectivity index (χ4v) is 4.40. The van der Waals surface area contributed by atoms with Crippen LogP contribution >= 0.6 is 0 Å². The highest BCUT2D eigenvalue weighted by Gasteiger charge is 2.23. The van der Waals surface area contributed by atoms with Gasteiger partial charge in [-0.15, -0.1) is 0 Å². The van der Waals surface area contributed by atoms with Gasteiger partial charge < -0.3 is 14.4 Å². The van der Waals surface area contributed by atoms with Crippen LogP contribution in [0.4, 0.5) is 0 Å². The smallest absolute Gasteiger partial charge is 0.338 e. The van der Waals surface area contributed by atoms with Gasteiger partial charge in [-0.2, -0.15) is 0 Å².